The molecule has 0 atom stereocenters. The minimum Gasteiger partial charge on any atom is -0.381 e. The highest BCUT2D eigenvalue weighted by Crippen LogP contribution is 2.21. The molecular weight excluding hydrogens is 198 g/mol. The van der Waals surface area contributed by atoms with E-state index in [1.54, 1.807) is 0 Å². The van der Waals surface area contributed by atoms with Gasteiger partial charge in [0.1, 0.15) is 0 Å². The summed E-state index contributed by atoms with van der Waals surface area (Å²) in [4.78, 5) is 0. The highest BCUT2D eigenvalue weighted by atomic mass is 16.5. The van der Waals surface area contributed by atoms with Crippen LogP contribution in [0.15, 0.2) is 0 Å². The fraction of sp³-hybridized carbons (Fsp3) is 1.00. The molecule has 0 amide bonds. The average Bonchev–Trinajstić information content (AvgIpc) is 2.56. The van der Waals surface area contributed by atoms with Crippen LogP contribution in [0.5, 0.6) is 0 Å². The summed E-state index contributed by atoms with van der Waals surface area (Å²) in [5.41, 5.74) is 0. The van der Waals surface area contributed by atoms with Gasteiger partial charge >= 0.3 is 0 Å². The van der Waals surface area contributed by atoms with Gasteiger partial charge in [-0.1, -0.05) is 32.6 Å². The van der Waals surface area contributed by atoms with Gasteiger partial charge in [-0.3, -0.25) is 0 Å². The van der Waals surface area contributed by atoms with Crippen LogP contribution in [-0.4, -0.2) is 26.3 Å². The lowest BCUT2D eigenvalue weighted by Crippen LogP contribution is -2.24. The van der Waals surface area contributed by atoms with Crippen molar-refractivity contribution in [3.05, 3.63) is 0 Å². The topological polar surface area (TPSA) is 21.3 Å². The van der Waals surface area contributed by atoms with Gasteiger partial charge in [-0.15, -0.1) is 0 Å². The third-order valence-corrected chi connectivity index (χ3v) is 3.40. The normalized spacial score (nSPS) is 18.6. The molecule has 0 radical (unpaired) electrons. The second-order valence-electron chi connectivity index (χ2n) is 5.03. The third-order valence-electron chi connectivity index (χ3n) is 3.40. The molecule has 0 spiro atoms. The Morgan fingerprint density at radius 3 is 2.50 bits per heavy atom. The first kappa shape index (κ1) is 14.0. The summed E-state index contributed by atoms with van der Waals surface area (Å²) in [6.45, 7) is 6.35. The fourth-order valence-corrected chi connectivity index (χ4v) is 2.42. The molecule has 0 aromatic rings. The monoisotopic (exact) mass is 227 g/mol. The molecule has 16 heavy (non-hydrogen) atoms. The Labute approximate surface area is 101 Å². The first-order chi connectivity index (χ1) is 7.93. The quantitative estimate of drug-likeness (QED) is 0.507. The van der Waals surface area contributed by atoms with Crippen LogP contribution in [0.4, 0.5) is 0 Å². The Balaban J connectivity index is 1.86. The zero-order valence-electron chi connectivity index (χ0n) is 11.0. The minimum absolute atomic E-state index is 0.919. The van der Waals surface area contributed by atoms with Crippen molar-refractivity contribution in [3.63, 3.8) is 0 Å². The van der Waals surface area contributed by atoms with Crippen molar-refractivity contribution < 1.29 is 4.74 Å². The number of nitrogens with one attached hydrogen (secondary N) is 1. The third kappa shape index (κ3) is 7.24. The molecule has 1 aliphatic carbocycles. The lowest BCUT2D eigenvalue weighted by Gasteiger charge is -2.14. The van der Waals surface area contributed by atoms with E-state index in [0.29, 0.717) is 0 Å². The number of hydrogen-bond acceptors (Lipinski definition) is 2. The summed E-state index contributed by atoms with van der Waals surface area (Å²) >= 11 is 0. The van der Waals surface area contributed by atoms with Gasteiger partial charge in [0.15, 0.2) is 0 Å². The van der Waals surface area contributed by atoms with Crippen LogP contribution in [0.1, 0.15) is 58.3 Å². The fourth-order valence-electron chi connectivity index (χ4n) is 2.42. The standard InChI is InChI=1S/C14H29NO/c1-2-11-16-12-7-10-15-13-14-8-5-3-4-6-9-14/h14-15H,2-13H2,1H3. The molecule has 0 aromatic carbocycles. The Morgan fingerprint density at radius 2 is 1.81 bits per heavy atom. The number of ether oxygens (including phenoxy) is 1. The van der Waals surface area contributed by atoms with Crippen molar-refractivity contribution in [2.24, 2.45) is 5.92 Å². The van der Waals surface area contributed by atoms with Gasteiger partial charge in [-0.25, -0.2) is 0 Å². The maximum Gasteiger partial charge on any atom is 0.0478 e. The number of rotatable bonds is 8. The highest BCUT2D eigenvalue weighted by molar-refractivity contribution is 4.66. The van der Waals surface area contributed by atoms with Crippen molar-refractivity contribution in [2.45, 2.75) is 58.3 Å². The second kappa shape index (κ2) is 10.1. The summed E-state index contributed by atoms with van der Waals surface area (Å²) in [5, 5.41) is 3.58. The first-order valence-electron chi connectivity index (χ1n) is 7.22. The van der Waals surface area contributed by atoms with Crippen molar-refractivity contribution in [3.8, 4) is 0 Å². The maximum atomic E-state index is 5.45. The zero-order valence-corrected chi connectivity index (χ0v) is 11.0. The Bertz CT molecular complexity index is 142. The van der Waals surface area contributed by atoms with Crippen molar-refractivity contribution in [1.82, 2.24) is 5.32 Å². The zero-order chi connectivity index (χ0) is 11.5. The predicted molar refractivity (Wildman–Crippen MR) is 69.8 cm³/mol. The molecule has 0 aliphatic heterocycles. The van der Waals surface area contributed by atoms with E-state index in [-0.39, 0.29) is 0 Å². The van der Waals surface area contributed by atoms with Crippen LogP contribution in [0.25, 0.3) is 0 Å². The van der Waals surface area contributed by atoms with Gasteiger partial charge in [0.2, 0.25) is 0 Å². The molecule has 96 valence electrons. The van der Waals surface area contributed by atoms with Crippen LogP contribution in [0.2, 0.25) is 0 Å². The summed E-state index contributed by atoms with van der Waals surface area (Å²) < 4.78 is 5.45. The molecule has 0 saturated heterocycles. The lowest BCUT2D eigenvalue weighted by molar-refractivity contribution is 0.132. The van der Waals surface area contributed by atoms with E-state index >= 15 is 0 Å². The Kier molecular flexibility index (Phi) is 8.83. The number of hydrogen-bond donors (Lipinski definition) is 1. The summed E-state index contributed by atoms with van der Waals surface area (Å²) in [6, 6.07) is 0. The Morgan fingerprint density at radius 1 is 1.06 bits per heavy atom. The molecule has 1 saturated carbocycles. The second-order valence-corrected chi connectivity index (χ2v) is 5.03. The molecule has 0 bridgehead atoms. The molecule has 2 nitrogen and oxygen atoms in total. The molecule has 1 aliphatic rings. The van der Waals surface area contributed by atoms with Crippen LogP contribution < -0.4 is 5.32 Å². The average molecular weight is 227 g/mol. The smallest absolute Gasteiger partial charge is 0.0478 e. The van der Waals surface area contributed by atoms with E-state index in [4.69, 9.17) is 4.74 Å². The van der Waals surface area contributed by atoms with E-state index < -0.39 is 0 Å². The SMILES string of the molecule is CCCOCCCNCC1CCCCCC1. The highest BCUT2D eigenvalue weighted by Gasteiger charge is 2.10. The molecule has 0 unspecified atom stereocenters. The lowest BCUT2D eigenvalue weighted by atomic mass is 10.0. The summed E-state index contributed by atoms with van der Waals surface area (Å²) in [5.74, 6) is 0.944. The van der Waals surface area contributed by atoms with Gasteiger partial charge < -0.3 is 10.1 Å². The van der Waals surface area contributed by atoms with Crippen LogP contribution in [0.3, 0.4) is 0 Å². The van der Waals surface area contributed by atoms with Gasteiger partial charge in [0.25, 0.3) is 0 Å². The Hall–Kier alpha value is -0.0800. The molecule has 1 fully saturated rings. The summed E-state index contributed by atoms with van der Waals surface area (Å²) in [6.07, 6.45) is 11.0. The van der Waals surface area contributed by atoms with Crippen LogP contribution in [-0.2, 0) is 4.74 Å². The summed E-state index contributed by atoms with van der Waals surface area (Å²) in [7, 11) is 0. The largest absolute Gasteiger partial charge is 0.381 e. The molecule has 1 rings (SSSR count). The molecule has 0 heterocycles. The van der Waals surface area contributed by atoms with Crippen LogP contribution in [0, 0.1) is 5.92 Å². The van der Waals surface area contributed by atoms with Gasteiger partial charge in [-0.05, 0) is 44.7 Å². The van der Waals surface area contributed by atoms with Gasteiger partial charge in [0, 0.05) is 13.2 Å². The van der Waals surface area contributed by atoms with Gasteiger partial charge in [0.05, 0.1) is 0 Å². The van der Waals surface area contributed by atoms with Crippen LogP contribution >= 0.6 is 0 Å². The maximum absolute atomic E-state index is 5.45. The molecule has 2 heteroatoms. The van der Waals surface area contributed by atoms with Crippen molar-refractivity contribution in [2.75, 3.05) is 26.3 Å². The predicted octanol–water partition coefficient (Wildman–Crippen LogP) is 3.36. The van der Waals surface area contributed by atoms with E-state index in [1.165, 1.54) is 45.1 Å². The van der Waals surface area contributed by atoms with Gasteiger partial charge in [-0.2, -0.15) is 0 Å². The molecule has 0 aromatic heterocycles. The molecule has 1 N–H and O–H groups in total. The van der Waals surface area contributed by atoms with E-state index in [9.17, 15) is 0 Å². The van der Waals surface area contributed by atoms with Crippen molar-refractivity contribution >= 4 is 0 Å². The van der Waals surface area contributed by atoms with E-state index in [2.05, 4.69) is 12.2 Å². The van der Waals surface area contributed by atoms with E-state index in [1.807, 2.05) is 0 Å². The van der Waals surface area contributed by atoms with E-state index in [0.717, 1.165) is 38.5 Å². The van der Waals surface area contributed by atoms with Crippen molar-refractivity contribution in [1.29, 1.82) is 0 Å². The molecular formula is C14H29NO. The minimum atomic E-state index is 0.919. The first-order valence-corrected chi connectivity index (χ1v) is 7.22.